The molecule has 0 bridgehead atoms. The summed E-state index contributed by atoms with van der Waals surface area (Å²) >= 11 is -0.363. The first-order valence-electron chi connectivity index (χ1n) is 2.53. The standard InChI is InChI=1S/C6H7N.Mo.2S/c7-6-4-2-1-3-5-6;;;/h1-5H,7H2;;;. The molecule has 4 heteroatoms. The Balaban J connectivity index is 0.000000236. The molecule has 0 atom stereocenters. The van der Waals surface area contributed by atoms with Gasteiger partial charge in [0.15, 0.2) is 0 Å². The van der Waals surface area contributed by atoms with Gasteiger partial charge in [-0.05, 0) is 12.1 Å². The average molecular weight is 253 g/mol. The predicted octanol–water partition coefficient (Wildman–Crippen LogP) is 2.56. The summed E-state index contributed by atoms with van der Waals surface area (Å²) in [5.41, 5.74) is 6.18. The summed E-state index contributed by atoms with van der Waals surface area (Å²) < 4.78 is 0. The molecule has 0 unspecified atom stereocenters. The van der Waals surface area contributed by atoms with Gasteiger partial charge in [0, 0.05) is 5.69 Å². The first kappa shape index (κ1) is 10.1. The van der Waals surface area contributed by atoms with Crippen molar-refractivity contribution in [3.63, 3.8) is 0 Å². The van der Waals surface area contributed by atoms with E-state index in [0.717, 1.165) is 5.69 Å². The van der Waals surface area contributed by atoms with Crippen LogP contribution in [0.4, 0.5) is 5.69 Å². The molecule has 1 nitrogen and oxygen atoms in total. The molecule has 0 saturated heterocycles. The maximum absolute atomic E-state index is 5.36. The Kier molecular flexibility index (Phi) is 7.37. The Morgan fingerprint density at radius 1 is 1.10 bits per heavy atom. The van der Waals surface area contributed by atoms with E-state index in [-0.39, 0.29) is 14.9 Å². The van der Waals surface area contributed by atoms with E-state index in [0.29, 0.717) is 0 Å². The van der Waals surface area contributed by atoms with Crippen LogP contribution in [0.15, 0.2) is 30.3 Å². The Morgan fingerprint density at radius 3 is 1.70 bits per heavy atom. The molecule has 0 radical (unpaired) electrons. The zero-order chi connectivity index (χ0) is 7.82. The fourth-order valence-electron chi connectivity index (χ4n) is 0.453. The zero-order valence-corrected chi connectivity index (χ0v) is 8.83. The molecule has 1 aromatic rings. The molecule has 1 rings (SSSR count). The molecule has 0 saturated carbocycles. The minimum absolute atomic E-state index is 0.363. The van der Waals surface area contributed by atoms with Crippen molar-refractivity contribution in [1.29, 1.82) is 0 Å². The van der Waals surface area contributed by atoms with Gasteiger partial charge in [0.1, 0.15) is 0 Å². The Labute approximate surface area is 76.1 Å². The molecule has 0 aliphatic heterocycles. The zero-order valence-electron chi connectivity index (χ0n) is 5.19. The van der Waals surface area contributed by atoms with Crippen molar-refractivity contribution in [2.75, 3.05) is 5.73 Å². The topological polar surface area (TPSA) is 26.0 Å². The van der Waals surface area contributed by atoms with Crippen molar-refractivity contribution < 1.29 is 14.9 Å². The number of anilines is 1. The van der Waals surface area contributed by atoms with Crippen LogP contribution in [0, 0.1) is 0 Å². The number of nitrogens with two attached hydrogens (primary N) is 1. The molecule has 0 aromatic heterocycles. The molecule has 0 aliphatic rings. The van der Waals surface area contributed by atoms with Gasteiger partial charge in [0.2, 0.25) is 0 Å². The van der Waals surface area contributed by atoms with Crippen LogP contribution in [-0.2, 0) is 14.9 Å². The van der Waals surface area contributed by atoms with Gasteiger partial charge in [-0.2, -0.15) is 0 Å². The van der Waals surface area contributed by atoms with E-state index >= 15 is 0 Å². The van der Waals surface area contributed by atoms with Crippen LogP contribution in [0.5, 0.6) is 0 Å². The molecule has 0 aliphatic carbocycles. The first-order valence-corrected chi connectivity index (χ1v) is 8.12. The van der Waals surface area contributed by atoms with Gasteiger partial charge in [0.25, 0.3) is 0 Å². The summed E-state index contributed by atoms with van der Waals surface area (Å²) in [5, 5.41) is 0. The van der Waals surface area contributed by atoms with Crippen LogP contribution in [0.1, 0.15) is 0 Å². The van der Waals surface area contributed by atoms with Crippen molar-refractivity contribution in [3.8, 4) is 0 Å². The molecule has 2 N–H and O–H groups in total. The van der Waals surface area contributed by atoms with Crippen molar-refractivity contribution in [3.05, 3.63) is 30.3 Å². The van der Waals surface area contributed by atoms with E-state index in [2.05, 4.69) is 19.6 Å². The van der Waals surface area contributed by atoms with Crippen LogP contribution >= 0.6 is 19.6 Å². The Bertz CT molecular complexity index is 206. The van der Waals surface area contributed by atoms with Gasteiger partial charge in [0.05, 0.1) is 0 Å². The van der Waals surface area contributed by atoms with Gasteiger partial charge in [-0.15, -0.1) is 0 Å². The van der Waals surface area contributed by atoms with Crippen molar-refractivity contribution in [2.24, 2.45) is 0 Å². The van der Waals surface area contributed by atoms with Crippen LogP contribution in [0.3, 0.4) is 0 Å². The number of para-hydroxylation sites is 1. The fraction of sp³-hybridized carbons (Fsp3) is 0. The summed E-state index contributed by atoms with van der Waals surface area (Å²) in [6.45, 7) is 0. The maximum atomic E-state index is 5.36. The van der Waals surface area contributed by atoms with E-state index in [1.54, 1.807) is 0 Å². The first-order chi connectivity index (χ1) is 4.81. The van der Waals surface area contributed by atoms with E-state index in [4.69, 9.17) is 5.73 Å². The molecule has 0 fully saturated rings. The summed E-state index contributed by atoms with van der Waals surface area (Å²) in [5.74, 6) is 0. The third-order valence-electron chi connectivity index (χ3n) is 0.800. The molecule has 0 heterocycles. The molecular formula is C6H7MoNS2. The Morgan fingerprint density at radius 2 is 1.50 bits per heavy atom. The second kappa shape index (κ2) is 7.26. The minimum atomic E-state index is -0.363. The van der Waals surface area contributed by atoms with Gasteiger partial charge in [-0.25, -0.2) is 0 Å². The Hall–Kier alpha value is 0.148. The van der Waals surface area contributed by atoms with Crippen LogP contribution in [0.25, 0.3) is 0 Å². The van der Waals surface area contributed by atoms with Crippen LogP contribution in [-0.4, -0.2) is 0 Å². The van der Waals surface area contributed by atoms with Gasteiger partial charge < -0.3 is 5.73 Å². The van der Waals surface area contributed by atoms with E-state index in [1.807, 2.05) is 30.3 Å². The fourth-order valence-corrected chi connectivity index (χ4v) is 0.453. The second-order valence-electron chi connectivity index (χ2n) is 1.48. The van der Waals surface area contributed by atoms with Gasteiger partial charge in [-0.1, -0.05) is 18.2 Å². The summed E-state index contributed by atoms with van der Waals surface area (Å²) in [4.78, 5) is 0. The molecule has 10 heavy (non-hydrogen) atoms. The van der Waals surface area contributed by atoms with Crippen molar-refractivity contribution in [2.45, 2.75) is 0 Å². The monoisotopic (exact) mass is 255 g/mol. The second-order valence-corrected chi connectivity index (χ2v) is 5.03. The summed E-state index contributed by atoms with van der Waals surface area (Å²) in [7, 11) is 8.68. The normalized spacial score (nSPS) is 7.20. The molecule has 1 aromatic carbocycles. The summed E-state index contributed by atoms with van der Waals surface area (Å²) in [6, 6.07) is 9.49. The van der Waals surface area contributed by atoms with Gasteiger partial charge >= 0.3 is 34.6 Å². The molecule has 0 amide bonds. The van der Waals surface area contributed by atoms with E-state index in [9.17, 15) is 0 Å². The molecular weight excluding hydrogens is 246 g/mol. The van der Waals surface area contributed by atoms with Gasteiger partial charge in [-0.3, -0.25) is 0 Å². The molecule has 0 spiro atoms. The van der Waals surface area contributed by atoms with Crippen LogP contribution < -0.4 is 5.73 Å². The number of hydrogen-bond donors (Lipinski definition) is 1. The van der Waals surface area contributed by atoms with Crippen LogP contribution in [0.2, 0.25) is 0 Å². The number of benzene rings is 1. The third kappa shape index (κ3) is 6.27. The average Bonchev–Trinajstić information content (AvgIpc) is 1.91. The molecule has 54 valence electrons. The third-order valence-corrected chi connectivity index (χ3v) is 0.800. The number of rotatable bonds is 0. The van der Waals surface area contributed by atoms with E-state index < -0.39 is 0 Å². The van der Waals surface area contributed by atoms with E-state index in [1.165, 1.54) is 0 Å². The SMILES string of the molecule is Nc1ccccc1.[S]=[Mo]=[S]. The van der Waals surface area contributed by atoms with Crippen molar-refractivity contribution in [1.82, 2.24) is 0 Å². The number of nitrogen functional groups attached to an aromatic ring is 1. The van der Waals surface area contributed by atoms with Crippen molar-refractivity contribution >= 4 is 25.3 Å². The number of hydrogen-bond acceptors (Lipinski definition) is 3. The quantitative estimate of drug-likeness (QED) is 0.568. The predicted molar refractivity (Wildman–Crippen MR) is 46.0 cm³/mol. The summed E-state index contributed by atoms with van der Waals surface area (Å²) in [6.07, 6.45) is 0.